The van der Waals surface area contributed by atoms with Crippen molar-refractivity contribution < 1.29 is 9.32 Å². The molecule has 108 valence electrons. The number of nitrogens with zero attached hydrogens (tertiary/aromatic N) is 3. The summed E-state index contributed by atoms with van der Waals surface area (Å²) < 4.78 is 5.20. The van der Waals surface area contributed by atoms with Crippen LogP contribution in [0.4, 0.5) is 0 Å². The average molecular weight is 268 g/mol. The Morgan fingerprint density at radius 1 is 1.37 bits per heavy atom. The summed E-state index contributed by atoms with van der Waals surface area (Å²) in [4.78, 5) is 17.8. The first-order valence-electron chi connectivity index (χ1n) is 7.00. The molecule has 6 heteroatoms. The van der Waals surface area contributed by atoms with Crippen molar-refractivity contribution in [3.63, 3.8) is 0 Å². The van der Waals surface area contributed by atoms with Crippen molar-refractivity contribution in [2.75, 3.05) is 19.6 Å². The van der Waals surface area contributed by atoms with E-state index in [1.807, 2.05) is 18.7 Å². The molecule has 0 bridgehead atoms. The van der Waals surface area contributed by atoms with Crippen molar-refractivity contribution in [1.29, 1.82) is 0 Å². The molecule has 0 fully saturated rings. The normalized spacial score (nSPS) is 10.9. The number of hydrogen-bond donors (Lipinski definition) is 1. The lowest BCUT2D eigenvalue weighted by molar-refractivity contribution is -0.122. The van der Waals surface area contributed by atoms with Crippen LogP contribution >= 0.6 is 0 Å². The van der Waals surface area contributed by atoms with Gasteiger partial charge in [-0.3, -0.25) is 9.69 Å². The molecule has 1 aromatic heterocycles. The second-order valence-electron chi connectivity index (χ2n) is 4.46. The van der Waals surface area contributed by atoms with Crippen molar-refractivity contribution in [3.8, 4) is 0 Å². The SMILES string of the molecule is CCCCc1noc(CN(CC)CC(=O)NCC)n1. The summed E-state index contributed by atoms with van der Waals surface area (Å²) in [5, 5.41) is 6.73. The standard InChI is InChI=1S/C13H24N4O2/c1-4-7-8-11-15-13(19-16-11)10-17(6-3)9-12(18)14-5-2/h4-10H2,1-3H3,(H,14,18). The number of carbonyl (C=O) groups is 1. The van der Waals surface area contributed by atoms with E-state index in [9.17, 15) is 4.79 Å². The predicted molar refractivity (Wildman–Crippen MR) is 72.5 cm³/mol. The average Bonchev–Trinajstić information content (AvgIpc) is 2.83. The van der Waals surface area contributed by atoms with Gasteiger partial charge in [-0.2, -0.15) is 4.98 Å². The molecule has 19 heavy (non-hydrogen) atoms. The van der Waals surface area contributed by atoms with Crippen LogP contribution in [0.25, 0.3) is 0 Å². The third kappa shape index (κ3) is 5.83. The molecule has 0 radical (unpaired) electrons. The highest BCUT2D eigenvalue weighted by atomic mass is 16.5. The smallest absolute Gasteiger partial charge is 0.240 e. The Morgan fingerprint density at radius 2 is 2.16 bits per heavy atom. The molecule has 1 amide bonds. The number of rotatable bonds is 9. The fraction of sp³-hybridized carbons (Fsp3) is 0.769. The maximum absolute atomic E-state index is 11.5. The summed E-state index contributed by atoms with van der Waals surface area (Å²) in [5.41, 5.74) is 0. The minimum atomic E-state index is 0.0232. The van der Waals surface area contributed by atoms with Gasteiger partial charge < -0.3 is 9.84 Å². The number of hydrogen-bond acceptors (Lipinski definition) is 5. The molecule has 0 aliphatic carbocycles. The first-order chi connectivity index (χ1) is 9.19. The van der Waals surface area contributed by atoms with Crippen LogP contribution in [0.2, 0.25) is 0 Å². The van der Waals surface area contributed by atoms with E-state index in [0.717, 1.165) is 31.6 Å². The molecule has 1 heterocycles. The van der Waals surface area contributed by atoms with Crippen molar-refractivity contribution >= 4 is 5.91 Å². The van der Waals surface area contributed by atoms with Gasteiger partial charge in [-0.25, -0.2) is 0 Å². The van der Waals surface area contributed by atoms with Crippen LogP contribution in [0.5, 0.6) is 0 Å². The van der Waals surface area contributed by atoms with Crippen LogP contribution in [0.3, 0.4) is 0 Å². The molecule has 1 aromatic rings. The summed E-state index contributed by atoms with van der Waals surface area (Å²) in [7, 11) is 0. The zero-order valence-electron chi connectivity index (χ0n) is 12.1. The lowest BCUT2D eigenvalue weighted by atomic mass is 10.2. The zero-order chi connectivity index (χ0) is 14.1. The van der Waals surface area contributed by atoms with Crippen LogP contribution < -0.4 is 5.32 Å². The van der Waals surface area contributed by atoms with Gasteiger partial charge in [-0.1, -0.05) is 25.4 Å². The van der Waals surface area contributed by atoms with Crippen LogP contribution in [0.15, 0.2) is 4.52 Å². The van der Waals surface area contributed by atoms with E-state index < -0.39 is 0 Å². The summed E-state index contributed by atoms with van der Waals surface area (Å²) in [6.45, 7) is 8.34. The molecule has 0 saturated heterocycles. The Morgan fingerprint density at radius 3 is 2.79 bits per heavy atom. The lowest BCUT2D eigenvalue weighted by Gasteiger charge is -2.17. The third-order valence-corrected chi connectivity index (χ3v) is 2.81. The molecular weight excluding hydrogens is 244 g/mol. The van der Waals surface area contributed by atoms with Crippen molar-refractivity contribution in [2.24, 2.45) is 0 Å². The molecule has 0 aromatic carbocycles. The van der Waals surface area contributed by atoms with Gasteiger partial charge in [0.1, 0.15) is 0 Å². The number of aromatic nitrogens is 2. The summed E-state index contributed by atoms with van der Waals surface area (Å²) in [6.07, 6.45) is 3.03. The van der Waals surface area contributed by atoms with E-state index in [2.05, 4.69) is 22.4 Å². The summed E-state index contributed by atoms with van der Waals surface area (Å²) in [5.74, 6) is 1.36. The first kappa shape index (κ1) is 15.6. The van der Waals surface area contributed by atoms with Crippen LogP contribution in [-0.4, -0.2) is 40.6 Å². The minimum absolute atomic E-state index is 0.0232. The molecule has 0 aliphatic heterocycles. The van der Waals surface area contributed by atoms with E-state index in [4.69, 9.17) is 4.52 Å². The summed E-state index contributed by atoms with van der Waals surface area (Å²) >= 11 is 0. The van der Waals surface area contributed by atoms with Crippen molar-refractivity contribution in [1.82, 2.24) is 20.4 Å². The molecule has 6 nitrogen and oxygen atoms in total. The van der Waals surface area contributed by atoms with E-state index in [1.54, 1.807) is 0 Å². The Bertz CT molecular complexity index is 378. The molecule has 0 spiro atoms. The number of amides is 1. The van der Waals surface area contributed by atoms with Gasteiger partial charge >= 0.3 is 0 Å². The lowest BCUT2D eigenvalue weighted by Crippen LogP contribution is -2.36. The third-order valence-electron chi connectivity index (χ3n) is 2.81. The fourth-order valence-corrected chi connectivity index (χ4v) is 1.72. The topological polar surface area (TPSA) is 71.3 Å². The highest BCUT2D eigenvalue weighted by Crippen LogP contribution is 2.05. The number of carbonyl (C=O) groups excluding carboxylic acids is 1. The Balaban J connectivity index is 2.46. The zero-order valence-corrected chi connectivity index (χ0v) is 12.1. The van der Waals surface area contributed by atoms with Gasteiger partial charge in [0.15, 0.2) is 5.82 Å². The van der Waals surface area contributed by atoms with E-state index in [-0.39, 0.29) is 5.91 Å². The largest absolute Gasteiger partial charge is 0.355 e. The van der Waals surface area contributed by atoms with Gasteiger partial charge in [0.25, 0.3) is 0 Å². The predicted octanol–water partition coefficient (Wildman–Crippen LogP) is 1.37. The molecular formula is C13H24N4O2. The molecule has 0 saturated carbocycles. The van der Waals surface area contributed by atoms with Gasteiger partial charge in [0, 0.05) is 13.0 Å². The number of nitrogens with one attached hydrogen (secondary N) is 1. The maximum atomic E-state index is 11.5. The van der Waals surface area contributed by atoms with Gasteiger partial charge in [0.05, 0.1) is 13.1 Å². The highest BCUT2D eigenvalue weighted by molar-refractivity contribution is 5.77. The number of aryl methyl sites for hydroxylation is 1. The van der Waals surface area contributed by atoms with Crippen molar-refractivity contribution in [3.05, 3.63) is 11.7 Å². The quantitative estimate of drug-likeness (QED) is 0.732. The molecule has 1 rings (SSSR count). The molecule has 1 N–H and O–H groups in total. The second-order valence-corrected chi connectivity index (χ2v) is 4.46. The second kappa shape index (κ2) is 8.63. The highest BCUT2D eigenvalue weighted by Gasteiger charge is 2.13. The van der Waals surface area contributed by atoms with Gasteiger partial charge in [0.2, 0.25) is 11.8 Å². The van der Waals surface area contributed by atoms with Crippen LogP contribution in [-0.2, 0) is 17.8 Å². The van der Waals surface area contributed by atoms with Gasteiger partial charge in [-0.15, -0.1) is 0 Å². The molecule has 0 unspecified atom stereocenters. The number of likely N-dealkylation sites (N-methyl/N-ethyl adjacent to an activating group) is 2. The van der Waals surface area contributed by atoms with Gasteiger partial charge in [-0.05, 0) is 19.9 Å². The van der Waals surface area contributed by atoms with E-state index in [0.29, 0.717) is 25.5 Å². The van der Waals surface area contributed by atoms with Crippen LogP contribution in [0, 0.1) is 0 Å². The minimum Gasteiger partial charge on any atom is -0.355 e. The maximum Gasteiger partial charge on any atom is 0.240 e. The Kier molecular flexibility index (Phi) is 7.10. The Labute approximate surface area is 114 Å². The van der Waals surface area contributed by atoms with E-state index >= 15 is 0 Å². The molecule has 0 aliphatic rings. The Hall–Kier alpha value is -1.43. The number of unbranched alkanes of at least 4 members (excludes halogenated alkanes) is 1. The van der Waals surface area contributed by atoms with Crippen molar-refractivity contribution in [2.45, 2.75) is 46.6 Å². The van der Waals surface area contributed by atoms with Crippen LogP contribution in [0.1, 0.15) is 45.3 Å². The summed E-state index contributed by atoms with van der Waals surface area (Å²) in [6, 6.07) is 0. The fourth-order valence-electron chi connectivity index (χ4n) is 1.72. The molecule has 0 atom stereocenters. The monoisotopic (exact) mass is 268 g/mol. The van der Waals surface area contributed by atoms with E-state index in [1.165, 1.54) is 0 Å². The first-order valence-corrected chi connectivity index (χ1v) is 7.00.